The van der Waals surface area contributed by atoms with Crippen LogP contribution in [0.25, 0.3) is 5.57 Å². The molecule has 3 rings (SSSR count). The minimum absolute atomic E-state index is 0.0194. The van der Waals surface area contributed by atoms with Crippen molar-refractivity contribution in [3.63, 3.8) is 0 Å². The number of aromatic nitrogens is 2. The van der Waals surface area contributed by atoms with Crippen LogP contribution in [0.1, 0.15) is 59.4 Å². The molecule has 0 saturated heterocycles. The molecule has 0 bridgehead atoms. The second-order valence-electron chi connectivity index (χ2n) is 9.34. The second kappa shape index (κ2) is 9.52. The molecule has 0 spiro atoms. The highest BCUT2D eigenvalue weighted by Gasteiger charge is 2.29. The normalized spacial score (nSPS) is 12.3. The summed E-state index contributed by atoms with van der Waals surface area (Å²) in [6.45, 7) is 14.4. The van der Waals surface area contributed by atoms with Gasteiger partial charge in [-0.3, -0.25) is 4.79 Å². The van der Waals surface area contributed by atoms with Crippen LogP contribution in [-0.2, 0) is 0 Å². The van der Waals surface area contributed by atoms with Crippen molar-refractivity contribution in [3.05, 3.63) is 51.7 Å². The van der Waals surface area contributed by atoms with E-state index in [1.54, 1.807) is 44.5 Å². The largest absolute Gasteiger partial charge is 0.505 e. The zero-order valence-electron chi connectivity index (χ0n) is 20.1. The summed E-state index contributed by atoms with van der Waals surface area (Å²) in [5, 5.41) is 17.7. The molecule has 0 saturated carbocycles. The topological polar surface area (TPSA) is 90.4 Å². The molecule has 3 aromatic rings. The minimum Gasteiger partial charge on any atom is -0.505 e. The van der Waals surface area contributed by atoms with Gasteiger partial charge in [-0.05, 0) is 43.0 Å². The predicted octanol–water partition coefficient (Wildman–Crippen LogP) is 6.29. The predicted molar refractivity (Wildman–Crippen MR) is 139 cm³/mol. The molecule has 0 aliphatic rings. The van der Waals surface area contributed by atoms with Gasteiger partial charge < -0.3 is 20.6 Å². The molecule has 9 heteroatoms. The van der Waals surface area contributed by atoms with Gasteiger partial charge in [0.25, 0.3) is 5.91 Å². The van der Waals surface area contributed by atoms with Crippen molar-refractivity contribution >= 4 is 51.9 Å². The number of phenols is 1. The van der Waals surface area contributed by atoms with E-state index in [1.165, 1.54) is 14.7 Å². The van der Waals surface area contributed by atoms with Gasteiger partial charge in [-0.2, -0.15) is 8.75 Å². The summed E-state index contributed by atoms with van der Waals surface area (Å²) >= 11 is 2.83. The van der Waals surface area contributed by atoms with Gasteiger partial charge >= 0.3 is 0 Å². The Balaban J connectivity index is 1.97. The first kappa shape index (κ1) is 24.7. The average Bonchev–Trinajstić information content (AvgIpc) is 3.34. The Morgan fingerprint density at radius 3 is 2.36 bits per heavy atom. The van der Waals surface area contributed by atoms with Crippen molar-refractivity contribution in [2.75, 3.05) is 24.7 Å². The van der Waals surface area contributed by atoms with Gasteiger partial charge in [0, 0.05) is 23.8 Å². The Bertz CT molecular complexity index is 1170. The molecule has 0 aliphatic heterocycles. The zero-order valence-corrected chi connectivity index (χ0v) is 21.7. The maximum absolute atomic E-state index is 12.8. The molecule has 0 radical (unpaired) electrons. The van der Waals surface area contributed by atoms with Crippen molar-refractivity contribution in [1.82, 2.24) is 13.6 Å². The number of thiophene rings is 1. The number of hydrogen-bond acceptors (Lipinski definition) is 8. The van der Waals surface area contributed by atoms with Crippen molar-refractivity contribution in [1.29, 1.82) is 0 Å². The maximum Gasteiger partial charge on any atom is 0.257 e. The van der Waals surface area contributed by atoms with E-state index in [4.69, 9.17) is 0 Å². The van der Waals surface area contributed by atoms with Crippen LogP contribution in [0.15, 0.2) is 30.8 Å². The number of carbonyl (C=O) groups excluding carboxylic acids is 1. The zero-order chi connectivity index (χ0) is 24.5. The number of allylic oxidation sites excluding steroid dienone is 1. The third-order valence-corrected chi connectivity index (χ3v) is 6.79. The summed E-state index contributed by atoms with van der Waals surface area (Å²) in [6, 6.07) is 7.77. The van der Waals surface area contributed by atoms with E-state index < -0.39 is 0 Å². The Labute approximate surface area is 203 Å². The lowest BCUT2D eigenvalue weighted by molar-refractivity contribution is 0.0824. The van der Waals surface area contributed by atoms with Gasteiger partial charge in [-0.25, -0.2) is 0 Å². The van der Waals surface area contributed by atoms with Gasteiger partial charge in [-0.1, -0.05) is 39.0 Å². The molecule has 2 aromatic heterocycles. The molecule has 7 nitrogen and oxygen atoms in total. The lowest BCUT2D eigenvalue weighted by atomic mass is 9.86. The number of phenolic OH excluding ortho intramolecular Hbond substituents is 1. The number of hydrogen-bond donors (Lipinski definition) is 3. The molecule has 3 N–H and O–H groups in total. The summed E-state index contributed by atoms with van der Waals surface area (Å²) in [7, 11) is 3.30. The van der Waals surface area contributed by atoms with Crippen LogP contribution in [0.3, 0.4) is 0 Å². The monoisotopic (exact) mass is 485 g/mol. The first-order chi connectivity index (χ1) is 15.4. The Hall–Kier alpha value is -2.91. The first-order valence-electron chi connectivity index (χ1n) is 10.6. The summed E-state index contributed by atoms with van der Waals surface area (Å²) in [6.07, 6.45) is 0. The fourth-order valence-electron chi connectivity index (χ4n) is 3.44. The van der Waals surface area contributed by atoms with Gasteiger partial charge in [0.05, 0.1) is 29.0 Å². The minimum atomic E-state index is -0.301. The van der Waals surface area contributed by atoms with E-state index in [2.05, 4.69) is 65.8 Å². The third-order valence-electron chi connectivity index (χ3n) is 5.19. The molecular formula is C24H31N5O2S2. The first-order valence-corrected chi connectivity index (χ1v) is 12.1. The molecule has 1 unspecified atom stereocenters. The highest BCUT2D eigenvalue weighted by atomic mass is 32.1. The molecule has 2 heterocycles. The lowest BCUT2D eigenvalue weighted by Crippen LogP contribution is -2.25. The number of benzene rings is 1. The van der Waals surface area contributed by atoms with E-state index in [1.807, 2.05) is 0 Å². The molecule has 176 valence electrons. The number of rotatable bonds is 7. The molecule has 1 amide bonds. The summed E-state index contributed by atoms with van der Waals surface area (Å²) in [5.41, 5.74) is 1.80. The highest BCUT2D eigenvalue weighted by molar-refractivity contribution is 7.12. The number of anilines is 3. The van der Waals surface area contributed by atoms with Gasteiger partial charge in [0.2, 0.25) is 0 Å². The van der Waals surface area contributed by atoms with Crippen LogP contribution < -0.4 is 10.6 Å². The van der Waals surface area contributed by atoms with Crippen molar-refractivity contribution in [2.24, 2.45) is 5.41 Å². The van der Waals surface area contributed by atoms with Crippen LogP contribution in [0, 0.1) is 12.3 Å². The molecule has 1 aromatic carbocycles. The fraction of sp³-hybridized carbons (Fsp3) is 0.375. The summed E-state index contributed by atoms with van der Waals surface area (Å²) < 4.78 is 8.84. The van der Waals surface area contributed by atoms with E-state index in [0.717, 1.165) is 11.7 Å². The quantitative estimate of drug-likeness (QED) is 0.341. The molecule has 33 heavy (non-hydrogen) atoms. The fourth-order valence-corrected chi connectivity index (χ4v) is 5.09. The van der Waals surface area contributed by atoms with E-state index in [-0.39, 0.29) is 28.7 Å². The van der Waals surface area contributed by atoms with Crippen LogP contribution in [-0.4, -0.2) is 38.8 Å². The van der Waals surface area contributed by atoms with E-state index in [9.17, 15) is 9.90 Å². The van der Waals surface area contributed by atoms with Crippen molar-refractivity contribution in [2.45, 2.75) is 40.7 Å². The van der Waals surface area contributed by atoms with Gasteiger partial charge in [-0.15, -0.1) is 11.3 Å². The van der Waals surface area contributed by atoms with Crippen LogP contribution >= 0.6 is 23.1 Å². The smallest absolute Gasteiger partial charge is 0.257 e. The number of aromatic hydroxyl groups is 1. The van der Waals surface area contributed by atoms with Crippen molar-refractivity contribution in [3.8, 4) is 5.75 Å². The van der Waals surface area contributed by atoms with Gasteiger partial charge in [0.1, 0.15) is 0 Å². The SMILES string of the molecule is C=C(C)c1ccc(Nc2nsnc2NC(c2ccc(C)s2)C(C)(C)C)c(O)c1C(=O)N(C)C. The molecular weight excluding hydrogens is 454 g/mol. The number of nitrogens with one attached hydrogen (secondary N) is 2. The average molecular weight is 486 g/mol. The van der Waals surface area contributed by atoms with E-state index >= 15 is 0 Å². The number of aryl methyl sites for hydroxylation is 1. The Morgan fingerprint density at radius 1 is 1.15 bits per heavy atom. The number of carbonyl (C=O) groups is 1. The van der Waals surface area contributed by atoms with Crippen molar-refractivity contribution < 1.29 is 9.90 Å². The Kier molecular flexibility index (Phi) is 7.14. The summed E-state index contributed by atoms with van der Waals surface area (Å²) in [4.78, 5) is 16.7. The maximum atomic E-state index is 12.8. The van der Waals surface area contributed by atoms with Crippen LogP contribution in [0.4, 0.5) is 17.3 Å². The lowest BCUT2D eigenvalue weighted by Gasteiger charge is -2.31. The molecule has 0 aliphatic carbocycles. The van der Waals surface area contributed by atoms with Crippen LogP contribution in [0.2, 0.25) is 0 Å². The highest BCUT2D eigenvalue weighted by Crippen LogP contribution is 2.41. The summed E-state index contributed by atoms with van der Waals surface area (Å²) in [5.74, 6) is 0.637. The standard InChI is InChI=1S/C24H31N5O2S2/c1-13(2)15-10-11-16(19(30)18(15)23(31)29(7)8)25-21-22(28-33-27-21)26-20(24(4,5)6)17-12-9-14(3)32-17/h9-12,20,30H,1H2,2-8H3,(H,25,27)(H,26,28). The van der Waals surface area contributed by atoms with E-state index in [0.29, 0.717) is 28.5 Å². The third kappa shape index (κ3) is 5.36. The molecule has 1 atom stereocenters. The second-order valence-corrected chi connectivity index (χ2v) is 11.2. The Morgan fingerprint density at radius 2 is 1.82 bits per heavy atom. The van der Waals surface area contributed by atoms with Crippen LogP contribution in [0.5, 0.6) is 5.75 Å². The molecule has 0 fully saturated rings. The number of nitrogens with zero attached hydrogens (tertiary/aromatic N) is 3. The van der Waals surface area contributed by atoms with Gasteiger partial charge in [0.15, 0.2) is 17.4 Å². The number of amides is 1.